The fourth-order valence-electron chi connectivity index (χ4n) is 3.13. The van der Waals surface area contributed by atoms with Crippen LogP contribution in [0.25, 0.3) is 0 Å². The van der Waals surface area contributed by atoms with Crippen LogP contribution in [-0.4, -0.2) is 23.4 Å². The molecule has 0 bridgehead atoms. The highest BCUT2D eigenvalue weighted by molar-refractivity contribution is 4.88. The topological polar surface area (TPSA) is 40.5 Å². The lowest BCUT2D eigenvalue weighted by molar-refractivity contribution is -0.0259. The van der Waals surface area contributed by atoms with E-state index in [9.17, 15) is 10.2 Å². The highest BCUT2D eigenvalue weighted by atomic mass is 16.3. The summed E-state index contributed by atoms with van der Waals surface area (Å²) in [6.07, 6.45) is 7.19. The summed E-state index contributed by atoms with van der Waals surface area (Å²) < 4.78 is 0. The standard InChI is InChI=1S/C13H26O2/c1-11(2)8-13(9-14,10-15)12-6-4-3-5-7-12/h11-12,14-15H,3-10H2,1-2H3. The molecule has 2 heteroatoms. The molecule has 1 rings (SSSR count). The molecule has 1 aliphatic rings. The largest absolute Gasteiger partial charge is 0.396 e. The molecular weight excluding hydrogens is 188 g/mol. The Balaban J connectivity index is 2.68. The summed E-state index contributed by atoms with van der Waals surface area (Å²) in [6, 6.07) is 0. The molecule has 0 heterocycles. The van der Waals surface area contributed by atoms with E-state index in [1.54, 1.807) is 0 Å². The van der Waals surface area contributed by atoms with Gasteiger partial charge in [-0.05, 0) is 31.1 Å². The van der Waals surface area contributed by atoms with Gasteiger partial charge in [-0.2, -0.15) is 0 Å². The van der Waals surface area contributed by atoms with Crippen LogP contribution in [-0.2, 0) is 0 Å². The third kappa shape index (κ3) is 3.18. The lowest BCUT2D eigenvalue weighted by Crippen LogP contribution is -2.40. The molecule has 15 heavy (non-hydrogen) atoms. The van der Waals surface area contributed by atoms with Crippen LogP contribution in [0.15, 0.2) is 0 Å². The molecule has 2 N–H and O–H groups in total. The van der Waals surface area contributed by atoms with Crippen molar-refractivity contribution < 1.29 is 10.2 Å². The van der Waals surface area contributed by atoms with Crippen LogP contribution in [0.1, 0.15) is 52.4 Å². The maximum Gasteiger partial charge on any atom is 0.0512 e. The number of rotatable bonds is 5. The molecule has 0 amide bonds. The Kier molecular flexibility index (Phi) is 5.07. The van der Waals surface area contributed by atoms with Crippen molar-refractivity contribution in [3.05, 3.63) is 0 Å². The zero-order valence-corrected chi connectivity index (χ0v) is 10.2. The molecular formula is C13H26O2. The first-order chi connectivity index (χ1) is 7.14. The van der Waals surface area contributed by atoms with E-state index >= 15 is 0 Å². The van der Waals surface area contributed by atoms with Gasteiger partial charge in [0, 0.05) is 5.41 Å². The first-order valence-corrected chi connectivity index (χ1v) is 6.36. The second-order valence-corrected chi connectivity index (χ2v) is 5.61. The van der Waals surface area contributed by atoms with Crippen LogP contribution in [0.2, 0.25) is 0 Å². The number of aliphatic hydroxyl groups excluding tert-OH is 2. The van der Waals surface area contributed by atoms with Crippen LogP contribution in [0, 0.1) is 17.3 Å². The van der Waals surface area contributed by atoms with Gasteiger partial charge in [-0.25, -0.2) is 0 Å². The minimum Gasteiger partial charge on any atom is -0.396 e. The second-order valence-electron chi connectivity index (χ2n) is 5.61. The van der Waals surface area contributed by atoms with Crippen molar-refractivity contribution in [1.82, 2.24) is 0 Å². The van der Waals surface area contributed by atoms with Crippen LogP contribution >= 0.6 is 0 Å². The maximum atomic E-state index is 9.62. The predicted octanol–water partition coefficient (Wildman–Crippen LogP) is 2.58. The Labute approximate surface area is 93.7 Å². The third-order valence-electron chi connectivity index (χ3n) is 3.92. The molecule has 0 radical (unpaired) electrons. The van der Waals surface area contributed by atoms with Crippen LogP contribution in [0.5, 0.6) is 0 Å². The Bertz CT molecular complexity index is 167. The number of hydrogen-bond acceptors (Lipinski definition) is 2. The highest BCUT2D eigenvalue weighted by Crippen LogP contribution is 2.42. The molecule has 0 aromatic rings. The molecule has 2 nitrogen and oxygen atoms in total. The van der Waals surface area contributed by atoms with Crippen molar-refractivity contribution in [2.75, 3.05) is 13.2 Å². The Morgan fingerprint density at radius 3 is 2.00 bits per heavy atom. The average molecular weight is 214 g/mol. The SMILES string of the molecule is CC(C)CC(CO)(CO)C1CCCCC1. The lowest BCUT2D eigenvalue weighted by atomic mass is 9.66. The minimum atomic E-state index is -0.214. The zero-order valence-electron chi connectivity index (χ0n) is 10.2. The third-order valence-corrected chi connectivity index (χ3v) is 3.92. The summed E-state index contributed by atoms with van der Waals surface area (Å²) in [4.78, 5) is 0. The predicted molar refractivity (Wildman–Crippen MR) is 62.6 cm³/mol. The maximum absolute atomic E-state index is 9.62. The van der Waals surface area contributed by atoms with Crippen LogP contribution in [0.3, 0.4) is 0 Å². The van der Waals surface area contributed by atoms with Gasteiger partial charge in [-0.15, -0.1) is 0 Å². The first-order valence-electron chi connectivity index (χ1n) is 6.36. The molecule has 0 saturated heterocycles. The van der Waals surface area contributed by atoms with E-state index in [2.05, 4.69) is 13.8 Å². The van der Waals surface area contributed by atoms with Crippen molar-refractivity contribution in [3.8, 4) is 0 Å². The summed E-state index contributed by atoms with van der Waals surface area (Å²) >= 11 is 0. The van der Waals surface area contributed by atoms with Crippen molar-refractivity contribution in [2.45, 2.75) is 52.4 Å². The van der Waals surface area contributed by atoms with E-state index in [1.165, 1.54) is 32.1 Å². The Hall–Kier alpha value is -0.0800. The highest BCUT2D eigenvalue weighted by Gasteiger charge is 2.38. The molecule has 1 saturated carbocycles. The van der Waals surface area contributed by atoms with Gasteiger partial charge in [0.15, 0.2) is 0 Å². The molecule has 0 aromatic heterocycles. The quantitative estimate of drug-likeness (QED) is 0.738. The molecule has 1 aliphatic carbocycles. The van der Waals surface area contributed by atoms with E-state index in [0.717, 1.165) is 6.42 Å². The second kappa shape index (κ2) is 5.86. The summed E-state index contributed by atoms with van der Waals surface area (Å²) in [5.41, 5.74) is -0.214. The normalized spacial score (nSPS) is 19.8. The van der Waals surface area contributed by atoms with E-state index in [1.807, 2.05) is 0 Å². The Morgan fingerprint density at radius 2 is 1.60 bits per heavy atom. The molecule has 0 unspecified atom stereocenters. The summed E-state index contributed by atoms with van der Waals surface area (Å²) in [7, 11) is 0. The summed E-state index contributed by atoms with van der Waals surface area (Å²) in [5, 5.41) is 19.2. The van der Waals surface area contributed by atoms with E-state index < -0.39 is 0 Å². The average Bonchev–Trinajstić information content (AvgIpc) is 2.27. The summed E-state index contributed by atoms with van der Waals surface area (Å²) in [6.45, 7) is 4.63. The smallest absolute Gasteiger partial charge is 0.0512 e. The van der Waals surface area contributed by atoms with Gasteiger partial charge in [0.25, 0.3) is 0 Å². The van der Waals surface area contributed by atoms with Gasteiger partial charge in [-0.1, -0.05) is 33.1 Å². The monoisotopic (exact) mass is 214 g/mol. The minimum absolute atomic E-state index is 0.145. The van der Waals surface area contributed by atoms with Gasteiger partial charge in [0.05, 0.1) is 13.2 Å². The van der Waals surface area contributed by atoms with E-state index in [0.29, 0.717) is 11.8 Å². The summed E-state index contributed by atoms with van der Waals surface area (Å²) in [5.74, 6) is 1.08. The van der Waals surface area contributed by atoms with Gasteiger partial charge < -0.3 is 10.2 Å². The van der Waals surface area contributed by atoms with Crippen molar-refractivity contribution >= 4 is 0 Å². The molecule has 90 valence electrons. The van der Waals surface area contributed by atoms with Crippen molar-refractivity contribution in [2.24, 2.45) is 17.3 Å². The number of aliphatic hydroxyl groups is 2. The zero-order chi connectivity index (χ0) is 11.3. The van der Waals surface area contributed by atoms with Crippen molar-refractivity contribution in [3.63, 3.8) is 0 Å². The van der Waals surface area contributed by atoms with Gasteiger partial charge in [0.2, 0.25) is 0 Å². The molecule has 0 aromatic carbocycles. The van der Waals surface area contributed by atoms with E-state index in [4.69, 9.17) is 0 Å². The van der Waals surface area contributed by atoms with Crippen molar-refractivity contribution in [1.29, 1.82) is 0 Å². The van der Waals surface area contributed by atoms with Gasteiger partial charge in [-0.3, -0.25) is 0 Å². The molecule has 1 fully saturated rings. The first kappa shape index (κ1) is 13.0. The lowest BCUT2D eigenvalue weighted by Gasteiger charge is -2.41. The van der Waals surface area contributed by atoms with Gasteiger partial charge >= 0.3 is 0 Å². The van der Waals surface area contributed by atoms with E-state index in [-0.39, 0.29) is 18.6 Å². The van der Waals surface area contributed by atoms with Crippen LogP contribution in [0.4, 0.5) is 0 Å². The fourth-order valence-corrected chi connectivity index (χ4v) is 3.13. The Morgan fingerprint density at radius 1 is 1.07 bits per heavy atom. The fraction of sp³-hybridized carbons (Fsp3) is 1.00. The van der Waals surface area contributed by atoms with Crippen LogP contribution < -0.4 is 0 Å². The molecule has 0 atom stereocenters. The molecule has 0 spiro atoms. The number of hydrogen-bond donors (Lipinski definition) is 2. The van der Waals surface area contributed by atoms with Gasteiger partial charge in [0.1, 0.15) is 0 Å². The molecule has 0 aliphatic heterocycles.